The van der Waals surface area contributed by atoms with Crippen LogP contribution in [-0.2, 0) is 9.53 Å². The van der Waals surface area contributed by atoms with E-state index in [1.54, 1.807) is 0 Å². The second-order valence-corrected chi connectivity index (χ2v) is 4.00. The van der Waals surface area contributed by atoms with Crippen molar-refractivity contribution in [2.45, 2.75) is 18.9 Å². The molecule has 2 rings (SSSR count). The van der Waals surface area contributed by atoms with Gasteiger partial charge in [-0.3, -0.25) is 0 Å². The molecule has 92 valence electrons. The van der Waals surface area contributed by atoms with Crippen LogP contribution in [0.25, 0.3) is 0 Å². The van der Waals surface area contributed by atoms with Crippen LogP contribution in [-0.4, -0.2) is 19.2 Å². The van der Waals surface area contributed by atoms with Gasteiger partial charge < -0.3 is 9.47 Å². The molecule has 1 aliphatic carbocycles. The van der Waals surface area contributed by atoms with E-state index in [1.807, 2.05) is 0 Å². The van der Waals surface area contributed by atoms with E-state index in [9.17, 15) is 13.6 Å². The standard InChI is InChI=1S/C12H12F2O3/c1-16-12(15)11(7-2-3-7)17-10-5-8(13)4-9(14)6-10/h4-7,11H,2-3H2,1H3. The molecule has 1 atom stereocenters. The highest BCUT2D eigenvalue weighted by Gasteiger charge is 2.39. The molecule has 1 unspecified atom stereocenters. The Balaban J connectivity index is 2.14. The van der Waals surface area contributed by atoms with Gasteiger partial charge in [0.1, 0.15) is 17.4 Å². The maximum Gasteiger partial charge on any atom is 0.347 e. The number of methoxy groups -OCH3 is 1. The molecule has 1 saturated carbocycles. The van der Waals surface area contributed by atoms with Crippen LogP contribution in [0.4, 0.5) is 8.78 Å². The van der Waals surface area contributed by atoms with Gasteiger partial charge in [-0.05, 0) is 12.8 Å². The Bertz CT molecular complexity index is 410. The molecule has 1 aliphatic rings. The molecule has 0 spiro atoms. The lowest BCUT2D eigenvalue weighted by atomic mass is 10.2. The summed E-state index contributed by atoms with van der Waals surface area (Å²) in [6, 6.07) is 2.83. The maximum absolute atomic E-state index is 12.9. The first kappa shape index (κ1) is 11.8. The Morgan fingerprint density at radius 3 is 2.35 bits per heavy atom. The fourth-order valence-electron chi connectivity index (χ4n) is 1.60. The number of halogens is 2. The van der Waals surface area contributed by atoms with Crippen LogP contribution in [0.2, 0.25) is 0 Å². The van der Waals surface area contributed by atoms with Crippen molar-refractivity contribution in [1.82, 2.24) is 0 Å². The Labute approximate surface area is 97.3 Å². The van der Waals surface area contributed by atoms with Gasteiger partial charge in [0.05, 0.1) is 7.11 Å². The second kappa shape index (κ2) is 4.69. The third kappa shape index (κ3) is 2.93. The predicted molar refractivity (Wildman–Crippen MR) is 55.5 cm³/mol. The van der Waals surface area contributed by atoms with Crippen LogP contribution in [0.1, 0.15) is 12.8 Å². The van der Waals surface area contributed by atoms with Crippen LogP contribution < -0.4 is 4.74 Å². The fraction of sp³-hybridized carbons (Fsp3) is 0.417. The third-order valence-electron chi connectivity index (χ3n) is 2.58. The summed E-state index contributed by atoms with van der Waals surface area (Å²) in [5, 5.41) is 0. The SMILES string of the molecule is COC(=O)C(Oc1cc(F)cc(F)c1)C1CC1. The number of carbonyl (C=O) groups is 1. The van der Waals surface area contributed by atoms with E-state index in [-0.39, 0.29) is 11.7 Å². The van der Waals surface area contributed by atoms with E-state index >= 15 is 0 Å². The summed E-state index contributed by atoms with van der Waals surface area (Å²) in [6.45, 7) is 0. The normalized spacial score (nSPS) is 16.4. The van der Waals surface area contributed by atoms with Crippen LogP contribution in [0.5, 0.6) is 5.75 Å². The van der Waals surface area contributed by atoms with Crippen molar-refractivity contribution in [2.75, 3.05) is 7.11 Å². The molecule has 0 aliphatic heterocycles. The summed E-state index contributed by atoms with van der Waals surface area (Å²) < 4.78 is 35.8. The average Bonchev–Trinajstić information content (AvgIpc) is 3.07. The molecule has 0 saturated heterocycles. The molecule has 0 heterocycles. The van der Waals surface area contributed by atoms with Gasteiger partial charge in [-0.25, -0.2) is 13.6 Å². The van der Waals surface area contributed by atoms with Crippen LogP contribution in [0, 0.1) is 17.6 Å². The lowest BCUT2D eigenvalue weighted by molar-refractivity contribution is -0.149. The fourth-order valence-corrected chi connectivity index (χ4v) is 1.60. The molecule has 0 bridgehead atoms. The van der Waals surface area contributed by atoms with Gasteiger partial charge in [0.15, 0.2) is 6.10 Å². The number of hydrogen-bond acceptors (Lipinski definition) is 3. The molecular weight excluding hydrogens is 230 g/mol. The van der Waals surface area contributed by atoms with E-state index in [1.165, 1.54) is 7.11 Å². The van der Waals surface area contributed by atoms with Crippen LogP contribution in [0.3, 0.4) is 0 Å². The third-order valence-corrected chi connectivity index (χ3v) is 2.58. The van der Waals surface area contributed by atoms with Gasteiger partial charge in [-0.2, -0.15) is 0 Å². The molecule has 0 amide bonds. The van der Waals surface area contributed by atoms with Gasteiger partial charge in [0, 0.05) is 24.1 Å². The van der Waals surface area contributed by atoms with E-state index in [0.717, 1.165) is 31.0 Å². The highest BCUT2D eigenvalue weighted by atomic mass is 19.1. The highest BCUT2D eigenvalue weighted by Crippen LogP contribution is 2.35. The van der Waals surface area contributed by atoms with E-state index in [0.29, 0.717) is 0 Å². The molecule has 0 aromatic heterocycles. The number of rotatable bonds is 4. The molecular formula is C12H12F2O3. The van der Waals surface area contributed by atoms with Crippen molar-refractivity contribution in [1.29, 1.82) is 0 Å². The molecule has 0 radical (unpaired) electrons. The van der Waals surface area contributed by atoms with Gasteiger partial charge in [-0.15, -0.1) is 0 Å². The second-order valence-electron chi connectivity index (χ2n) is 4.00. The van der Waals surface area contributed by atoms with Gasteiger partial charge in [-0.1, -0.05) is 0 Å². The summed E-state index contributed by atoms with van der Waals surface area (Å²) in [4.78, 5) is 11.4. The monoisotopic (exact) mass is 242 g/mol. The summed E-state index contributed by atoms with van der Waals surface area (Å²) in [5.41, 5.74) is 0. The van der Waals surface area contributed by atoms with Gasteiger partial charge in [0.2, 0.25) is 0 Å². The molecule has 1 fully saturated rings. The maximum atomic E-state index is 12.9. The summed E-state index contributed by atoms with van der Waals surface area (Å²) in [6.07, 6.45) is 0.941. The first-order valence-electron chi connectivity index (χ1n) is 5.30. The zero-order chi connectivity index (χ0) is 12.4. The predicted octanol–water partition coefficient (Wildman–Crippen LogP) is 2.30. The van der Waals surface area contributed by atoms with Crippen molar-refractivity contribution in [3.05, 3.63) is 29.8 Å². The van der Waals surface area contributed by atoms with Crippen molar-refractivity contribution in [3.63, 3.8) is 0 Å². The molecule has 1 aromatic rings. The van der Waals surface area contributed by atoms with E-state index in [2.05, 4.69) is 4.74 Å². The molecule has 5 heteroatoms. The average molecular weight is 242 g/mol. The number of esters is 1. The zero-order valence-corrected chi connectivity index (χ0v) is 9.28. The highest BCUT2D eigenvalue weighted by molar-refractivity contribution is 5.75. The largest absolute Gasteiger partial charge is 0.478 e. The molecule has 0 N–H and O–H groups in total. The van der Waals surface area contributed by atoms with Crippen molar-refractivity contribution >= 4 is 5.97 Å². The smallest absolute Gasteiger partial charge is 0.347 e. The number of carbonyl (C=O) groups excluding carboxylic acids is 1. The van der Waals surface area contributed by atoms with Crippen LogP contribution in [0.15, 0.2) is 18.2 Å². The first-order chi connectivity index (χ1) is 8.10. The summed E-state index contributed by atoms with van der Waals surface area (Å²) >= 11 is 0. The van der Waals surface area contributed by atoms with Gasteiger partial charge in [0.25, 0.3) is 0 Å². The topological polar surface area (TPSA) is 35.5 Å². The number of hydrogen-bond donors (Lipinski definition) is 0. The molecule has 17 heavy (non-hydrogen) atoms. The lowest BCUT2D eigenvalue weighted by Gasteiger charge is -2.16. The van der Waals surface area contributed by atoms with E-state index < -0.39 is 23.7 Å². The Morgan fingerprint density at radius 2 is 1.88 bits per heavy atom. The first-order valence-corrected chi connectivity index (χ1v) is 5.30. The zero-order valence-electron chi connectivity index (χ0n) is 9.28. The molecule has 3 nitrogen and oxygen atoms in total. The quantitative estimate of drug-likeness (QED) is 0.760. The Hall–Kier alpha value is -1.65. The number of ether oxygens (including phenoxy) is 2. The van der Waals surface area contributed by atoms with Crippen molar-refractivity contribution in [2.24, 2.45) is 5.92 Å². The summed E-state index contributed by atoms with van der Waals surface area (Å²) in [5.74, 6) is -1.91. The van der Waals surface area contributed by atoms with Crippen LogP contribution >= 0.6 is 0 Å². The van der Waals surface area contributed by atoms with Crippen molar-refractivity contribution < 1.29 is 23.0 Å². The lowest BCUT2D eigenvalue weighted by Crippen LogP contribution is -2.30. The molecule has 1 aromatic carbocycles. The summed E-state index contributed by atoms with van der Waals surface area (Å²) in [7, 11) is 1.26. The minimum Gasteiger partial charge on any atom is -0.478 e. The Kier molecular flexibility index (Phi) is 3.26. The number of benzene rings is 1. The van der Waals surface area contributed by atoms with E-state index in [4.69, 9.17) is 4.74 Å². The van der Waals surface area contributed by atoms with Gasteiger partial charge >= 0.3 is 5.97 Å². The minimum atomic E-state index is -0.777. The Morgan fingerprint density at radius 1 is 1.29 bits per heavy atom. The minimum absolute atomic E-state index is 0.00444. The van der Waals surface area contributed by atoms with Crippen molar-refractivity contribution in [3.8, 4) is 5.75 Å².